The fraction of sp³-hybridized carbons (Fsp3) is 0.385. The van der Waals surface area contributed by atoms with Gasteiger partial charge in [-0.15, -0.1) is 0 Å². The lowest BCUT2D eigenvalue weighted by Gasteiger charge is -2.19. The van der Waals surface area contributed by atoms with Crippen LogP contribution in [-0.4, -0.2) is 34.2 Å². The molecule has 1 unspecified atom stereocenters. The third-order valence-electron chi connectivity index (χ3n) is 3.22. The molecule has 1 aliphatic heterocycles. The third-order valence-corrected chi connectivity index (χ3v) is 3.22. The van der Waals surface area contributed by atoms with E-state index >= 15 is 0 Å². The normalized spacial score (nSPS) is 18.2. The minimum absolute atomic E-state index is 0.218. The molecule has 6 nitrogen and oxygen atoms in total. The van der Waals surface area contributed by atoms with Gasteiger partial charge in [-0.2, -0.15) is 5.10 Å². The van der Waals surface area contributed by atoms with Crippen molar-refractivity contribution >= 4 is 5.96 Å². The Hall–Kier alpha value is -2.24. The molecule has 19 heavy (non-hydrogen) atoms. The van der Waals surface area contributed by atoms with E-state index in [0.717, 1.165) is 30.2 Å². The Labute approximate surface area is 111 Å². The highest BCUT2D eigenvalue weighted by atomic mass is 16.3. The summed E-state index contributed by atoms with van der Waals surface area (Å²) >= 11 is 0. The maximum atomic E-state index is 5.07. The second-order valence-corrected chi connectivity index (χ2v) is 4.80. The molecule has 1 aliphatic rings. The predicted octanol–water partition coefficient (Wildman–Crippen LogP) is 1.15. The first-order valence-corrected chi connectivity index (χ1v) is 6.24. The number of rotatable bonds is 3. The molecule has 3 heterocycles. The summed E-state index contributed by atoms with van der Waals surface area (Å²) in [5, 5.41) is 7.62. The largest absolute Gasteiger partial charge is 0.472 e. The minimum atomic E-state index is 0.218. The van der Waals surface area contributed by atoms with Crippen molar-refractivity contribution in [3.8, 4) is 0 Å². The van der Waals surface area contributed by atoms with E-state index in [0.29, 0.717) is 0 Å². The zero-order valence-electron chi connectivity index (χ0n) is 11.1. The van der Waals surface area contributed by atoms with Crippen molar-refractivity contribution in [3.63, 3.8) is 0 Å². The molecule has 2 aromatic heterocycles. The van der Waals surface area contributed by atoms with Gasteiger partial charge in [0.2, 0.25) is 0 Å². The van der Waals surface area contributed by atoms with Crippen LogP contribution < -0.4 is 5.32 Å². The molecule has 3 rings (SSSR count). The Morgan fingerprint density at radius 2 is 2.47 bits per heavy atom. The number of nitrogens with zero attached hydrogens (tertiary/aromatic N) is 4. The fourth-order valence-electron chi connectivity index (χ4n) is 2.20. The lowest BCUT2D eigenvalue weighted by atomic mass is 10.2. The van der Waals surface area contributed by atoms with Crippen molar-refractivity contribution in [1.29, 1.82) is 0 Å². The minimum Gasteiger partial charge on any atom is -0.472 e. The van der Waals surface area contributed by atoms with Crippen LogP contribution in [0.15, 0.2) is 40.4 Å². The maximum absolute atomic E-state index is 5.07. The SMILES string of the molecule is CN(Cc1ccoc1)C1=NCC(c2cnn(C)c2)N1. The standard InChI is InChI=1S/C13H17N5O/c1-17(7-10-3-4-19-9-10)13-14-6-12(16-13)11-5-15-18(2)8-11/h3-5,8-9,12H,6-7H2,1-2H3,(H,14,16). The summed E-state index contributed by atoms with van der Waals surface area (Å²) < 4.78 is 6.88. The van der Waals surface area contributed by atoms with E-state index in [1.165, 1.54) is 0 Å². The molecule has 2 aromatic rings. The van der Waals surface area contributed by atoms with Gasteiger partial charge in [0.25, 0.3) is 0 Å². The molecule has 0 fully saturated rings. The van der Waals surface area contributed by atoms with Crippen molar-refractivity contribution in [1.82, 2.24) is 20.0 Å². The van der Waals surface area contributed by atoms with E-state index in [-0.39, 0.29) is 6.04 Å². The third kappa shape index (κ3) is 2.47. The van der Waals surface area contributed by atoms with Crippen LogP contribution in [0.25, 0.3) is 0 Å². The number of hydrogen-bond donors (Lipinski definition) is 1. The van der Waals surface area contributed by atoms with Gasteiger partial charge in [0, 0.05) is 38.0 Å². The molecule has 0 spiro atoms. The average Bonchev–Trinajstić information content (AvgIpc) is 3.07. The Kier molecular flexibility index (Phi) is 2.98. The summed E-state index contributed by atoms with van der Waals surface area (Å²) in [7, 11) is 3.94. The van der Waals surface area contributed by atoms with Gasteiger partial charge in [-0.3, -0.25) is 9.67 Å². The van der Waals surface area contributed by atoms with E-state index in [1.54, 1.807) is 12.5 Å². The fourth-order valence-corrected chi connectivity index (χ4v) is 2.20. The maximum Gasteiger partial charge on any atom is 0.194 e. The summed E-state index contributed by atoms with van der Waals surface area (Å²) in [6, 6.07) is 2.18. The van der Waals surface area contributed by atoms with Crippen LogP contribution in [0.4, 0.5) is 0 Å². The molecule has 0 aromatic carbocycles. The molecule has 0 saturated carbocycles. The summed E-state index contributed by atoms with van der Waals surface area (Å²) in [4.78, 5) is 6.63. The molecule has 1 N–H and O–H groups in total. The van der Waals surface area contributed by atoms with E-state index in [9.17, 15) is 0 Å². The Morgan fingerprint density at radius 3 is 3.16 bits per heavy atom. The summed E-state index contributed by atoms with van der Waals surface area (Å²) in [6.45, 7) is 1.53. The van der Waals surface area contributed by atoms with Crippen LogP contribution in [0.2, 0.25) is 0 Å². The molecular formula is C13H17N5O. The van der Waals surface area contributed by atoms with Gasteiger partial charge < -0.3 is 14.6 Å². The molecule has 0 saturated heterocycles. The summed E-state index contributed by atoms with van der Waals surface area (Å²) in [5.74, 6) is 0.912. The number of aryl methyl sites for hydroxylation is 1. The molecule has 0 radical (unpaired) electrons. The second-order valence-electron chi connectivity index (χ2n) is 4.80. The van der Waals surface area contributed by atoms with Gasteiger partial charge in [-0.05, 0) is 6.07 Å². The highest BCUT2D eigenvalue weighted by Crippen LogP contribution is 2.17. The molecular weight excluding hydrogens is 242 g/mol. The Balaban J connectivity index is 1.62. The molecule has 0 amide bonds. The van der Waals surface area contributed by atoms with Crippen molar-refractivity contribution in [3.05, 3.63) is 42.1 Å². The van der Waals surface area contributed by atoms with E-state index in [2.05, 4.69) is 20.3 Å². The van der Waals surface area contributed by atoms with Crippen LogP contribution in [0.1, 0.15) is 17.2 Å². The Morgan fingerprint density at radius 1 is 1.58 bits per heavy atom. The highest BCUT2D eigenvalue weighted by molar-refractivity contribution is 5.81. The topological polar surface area (TPSA) is 58.6 Å². The van der Waals surface area contributed by atoms with Gasteiger partial charge in [0.15, 0.2) is 5.96 Å². The summed E-state index contributed by atoms with van der Waals surface area (Å²) in [6.07, 6.45) is 7.34. The monoisotopic (exact) mass is 259 g/mol. The van der Waals surface area contributed by atoms with Crippen molar-refractivity contribution in [2.24, 2.45) is 12.0 Å². The number of aliphatic imine (C=N–C) groups is 1. The van der Waals surface area contributed by atoms with Crippen LogP contribution in [-0.2, 0) is 13.6 Å². The zero-order chi connectivity index (χ0) is 13.2. The van der Waals surface area contributed by atoms with Crippen molar-refractivity contribution in [2.45, 2.75) is 12.6 Å². The van der Waals surface area contributed by atoms with Gasteiger partial charge in [-0.1, -0.05) is 0 Å². The number of aromatic nitrogens is 2. The first-order chi connectivity index (χ1) is 9.22. The summed E-state index contributed by atoms with van der Waals surface area (Å²) in [5.41, 5.74) is 2.30. The quantitative estimate of drug-likeness (QED) is 0.898. The zero-order valence-corrected chi connectivity index (χ0v) is 11.1. The number of hydrogen-bond acceptors (Lipinski definition) is 5. The molecule has 100 valence electrons. The average molecular weight is 259 g/mol. The molecule has 0 aliphatic carbocycles. The van der Waals surface area contributed by atoms with Crippen LogP contribution in [0, 0.1) is 0 Å². The van der Waals surface area contributed by atoms with Crippen molar-refractivity contribution < 1.29 is 4.42 Å². The van der Waals surface area contributed by atoms with Crippen LogP contribution >= 0.6 is 0 Å². The van der Waals surface area contributed by atoms with Gasteiger partial charge in [0.1, 0.15) is 0 Å². The van der Waals surface area contributed by atoms with E-state index in [1.807, 2.05) is 37.2 Å². The first-order valence-electron chi connectivity index (χ1n) is 6.24. The molecule has 6 heteroatoms. The van der Waals surface area contributed by atoms with E-state index in [4.69, 9.17) is 4.42 Å². The number of furan rings is 1. The van der Waals surface area contributed by atoms with Gasteiger partial charge in [0.05, 0.1) is 31.3 Å². The smallest absolute Gasteiger partial charge is 0.194 e. The van der Waals surface area contributed by atoms with E-state index < -0.39 is 0 Å². The number of guanidine groups is 1. The lowest BCUT2D eigenvalue weighted by Crippen LogP contribution is -2.36. The van der Waals surface area contributed by atoms with Crippen LogP contribution in [0.3, 0.4) is 0 Å². The van der Waals surface area contributed by atoms with Gasteiger partial charge in [-0.25, -0.2) is 0 Å². The Bertz CT molecular complexity index is 572. The van der Waals surface area contributed by atoms with Crippen molar-refractivity contribution in [2.75, 3.05) is 13.6 Å². The second kappa shape index (κ2) is 4.79. The molecule has 1 atom stereocenters. The van der Waals surface area contributed by atoms with Crippen LogP contribution in [0.5, 0.6) is 0 Å². The predicted molar refractivity (Wildman–Crippen MR) is 71.6 cm³/mol. The first kappa shape index (κ1) is 11.8. The van der Waals surface area contributed by atoms with Gasteiger partial charge >= 0.3 is 0 Å². The highest BCUT2D eigenvalue weighted by Gasteiger charge is 2.22. The lowest BCUT2D eigenvalue weighted by molar-refractivity contribution is 0.474. The molecule has 0 bridgehead atoms. The number of nitrogens with one attached hydrogen (secondary N) is 1.